The summed E-state index contributed by atoms with van der Waals surface area (Å²) in [6.45, 7) is -0.470. The van der Waals surface area contributed by atoms with Crippen LogP contribution in [0.4, 0.5) is 8.78 Å². The number of hydrogen-bond acceptors (Lipinski definition) is 5. The molecule has 0 bridgehead atoms. The normalized spacial score (nSPS) is 14.7. The molecule has 0 atom stereocenters. The maximum Gasteiger partial charge on any atom is 0.255 e. The Morgan fingerprint density at radius 1 is 1.16 bits per heavy atom. The number of hydrogen-bond donors (Lipinski definition) is 1. The number of aromatic nitrogens is 4. The first-order valence-electron chi connectivity index (χ1n) is 9.52. The summed E-state index contributed by atoms with van der Waals surface area (Å²) in [4.78, 5) is 22.0. The molecule has 3 aromatic heterocycles. The average molecular weight is 427 g/mol. The highest BCUT2D eigenvalue weighted by Gasteiger charge is 2.43. The smallest absolute Gasteiger partial charge is 0.255 e. The summed E-state index contributed by atoms with van der Waals surface area (Å²) in [5.41, 5.74) is 1.20. The minimum Gasteiger partial charge on any atom is -0.479 e. The van der Waals surface area contributed by atoms with E-state index in [1.54, 1.807) is 6.07 Å². The second kappa shape index (κ2) is 7.15. The molecule has 0 fully saturated rings. The summed E-state index contributed by atoms with van der Waals surface area (Å²) in [6.07, 6.45) is 4.41. The zero-order chi connectivity index (χ0) is 22.6. The van der Waals surface area contributed by atoms with Gasteiger partial charge in [0.1, 0.15) is 17.2 Å². The van der Waals surface area contributed by atoms with Gasteiger partial charge in [-0.3, -0.25) is 14.9 Å². The highest BCUT2D eigenvalue weighted by Crippen LogP contribution is 2.36. The summed E-state index contributed by atoms with van der Waals surface area (Å²) >= 11 is 0. The Kier molecular flexibility index (Phi) is 4.51. The minimum absolute atomic E-state index is 0.147. The number of benzene rings is 1. The van der Waals surface area contributed by atoms with Crippen LogP contribution >= 0.6 is 0 Å². The Bertz CT molecular complexity index is 1370. The second-order valence-electron chi connectivity index (χ2n) is 7.37. The monoisotopic (exact) mass is 427 g/mol. The number of ether oxygens (including phenoxy) is 1. The Morgan fingerprint density at radius 2 is 1.91 bits per heavy atom. The van der Waals surface area contributed by atoms with Crippen molar-refractivity contribution < 1.29 is 18.3 Å². The fraction of sp³-hybridized carbons (Fsp3) is 0.143. The van der Waals surface area contributed by atoms with Crippen LogP contribution < -0.4 is 4.74 Å². The Labute approximate surface area is 183 Å². The Balaban J connectivity index is 1.54. The van der Waals surface area contributed by atoms with Gasteiger partial charge in [0.15, 0.2) is 0 Å². The van der Waals surface area contributed by atoms with Gasteiger partial charge >= 0.3 is 0 Å². The van der Waals surface area contributed by atoms with Crippen molar-refractivity contribution in [3.8, 4) is 17.0 Å². The predicted octanol–water partition coefficient (Wildman–Crippen LogP) is 2.41. The number of methoxy groups -OCH3 is 1. The van der Waals surface area contributed by atoms with Crippen molar-refractivity contribution in [1.82, 2.24) is 25.1 Å². The van der Waals surface area contributed by atoms with E-state index in [4.69, 9.17) is 20.4 Å². The van der Waals surface area contributed by atoms with E-state index in [1.165, 1.54) is 31.8 Å². The topological polar surface area (TPSA) is 84.0 Å². The summed E-state index contributed by atoms with van der Waals surface area (Å²) in [5.74, 6) is -1.97. The highest BCUT2D eigenvalue weighted by molar-refractivity contribution is 6.42. The number of carbonyl (C=O) groups excluding carboxylic acids is 1. The quantitative estimate of drug-likeness (QED) is 0.506. The van der Waals surface area contributed by atoms with Gasteiger partial charge in [0.2, 0.25) is 5.88 Å². The summed E-state index contributed by atoms with van der Waals surface area (Å²) < 4.78 is 35.3. The van der Waals surface area contributed by atoms with E-state index in [1.807, 2.05) is 0 Å². The molecule has 1 aliphatic heterocycles. The average Bonchev–Trinajstić information content (AvgIpc) is 3.33. The van der Waals surface area contributed by atoms with Gasteiger partial charge in [0.25, 0.3) is 5.91 Å². The van der Waals surface area contributed by atoms with E-state index in [9.17, 15) is 4.79 Å². The van der Waals surface area contributed by atoms with Gasteiger partial charge in [-0.1, -0.05) is 0 Å². The van der Waals surface area contributed by atoms with Crippen molar-refractivity contribution in [2.24, 2.45) is 0 Å². The first-order valence-corrected chi connectivity index (χ1v) is 9.52. The lowest BCUT2D eigenvalue weighted by molar-refractivity contribution is 0.0727. The van der Waals surface area contributed by atoms with Crippen molar-refractivity contribution in [3.05, 3.63) is 71.3 Å². The number of amides is 1. The molecule has 1 aromatic carbocycles. The van der Waals surface area contributed by atoms with E-state index in [0.29, 0.717) is 22.3 Å². The standard InChI is InChI=1S/C21H13B2F2N5O2/c1-32-19-17-13(8-28-29-17)12(7-27-19)10-5-15(24)14(16(25)6-10)9-30-20(31)11-3-2-4-26-18(11)21(30,22)23/h2-8H,9H2,1H3,(H,28,29). The number of nitrogens with one attached hydrogen (secondary N) is 1. The molecule has 0 aliphatic carbocycles. The van der Waals surface area contributed by atoms with Crippen LogP contribution in [0.15, 0.2) is 42.9 Å². The molecule has 4 radical (unpaired) electrons. The summed E-state index contributed by atoms with van der Waals surface area (Å²) in [5, 5.41) is 5.51. The van der Waals surface area contributed by atoms with Gasteiger partial charge in [-0.05, 0) is 29.8 Å². The third kappa shape index (κ3) is 2.88. The fourth-order valence-corrected chi connectivity index (χ4v) is 3.90. The first-order chi connectivity index (χ1) is 15.3. The summed E-state index contributed by atoms with van der Waals surface area (Å²) in [7, 11) is 13.7. The van der Waals surface area contributed by atoms with Gasteiger partial charge < -0.3 is 9.64 Å². The number of carbonyl (C=O) groups is 1. The number of halogens is 2. The van der Waals surface area contributed by atoms with Gasteiger partial charge in [0.05, 0.1) is 46.8 Å². The molecular formula is C21H13B2F2N5O2. The van der Waals surface area contributed by atoms with Crippen molar-refractivity contribution in [3.63, 3.8) is 0 Å². The van der Waals surface area contributed by atoms with E-state index < -0.39 is 29.4 Å². The molecule has 154 valence electrons. The third-order valence-corrected chi connectivity index (χ3v) is 5.53. The van der Waals surface area contributed by atoms with Crippen LogP contribution in [0.3, 0.4) is 0 Å². The van der Waals surface area contributed by atoms with Gasteiger partial charge in [-0.25, -0.2) is 13.8 Å². The van der Waals surface area contributed by atoms with Crippen LogP contribution in [0.1, 0.15) is 21.6 Å². The fourth-order valence-electron chi connectivity index (χ4n) is 3.90. The molecule has 0 spiro atoms. The van der Waals surface area contributed by atoms with E-state index in [2.05, 4.69) is 20.2 Å². The van der Waals surface area contributed by atoms with Crippen LogP contribution in [0.25, 0.3) is 22.0 Å². The molecule has 1 N–H and O–H groups in total. The van der Waals surface area contributed by atoms with E-state index in [-0.39, 0.29) is 22.4 Å². The number of pyridine rings is 2. The van der Waals surface area contributed by atoms with Crippen molar-refractivity contribution in [2.75, 3.05) is 7.11 Å². The van der Waals surface area contributed by atoms with Crippen molar-refractivity contribution in [1.29, 1.82) is 0 Å². The molecule has 7 nitrogen and oxygen atoms in total. The number of H-pyrrole nitrogens is 1. The molecule has 0 unspecified atom stereocenters. The second-order valence-corrected chi connectivity index (χ2v) is 7.37. The lowest BCUT2D eigenvalue weighted by atomic mass is 9.59. The SMILES string of the molecule is [B]C1([B])c2ncccc2C(=O)N1Cc1c(F)cc(-c2cnc(OC)c3[nH]ncc23)cc1F. The first kappa shape index (κ1) is 20.2. The molecule has 4 aromatic rings. The zero-order valence-corrected chi connectivity index (χ0v) is 16.8. The zero-order valence-electron chi connectivity index (χ0n) is 16.8. The molecule has 0 saturated heterocycles. The largest absolute Gasteiger partial charge is 0.479 e. The Hall–Kier alpha value is -3.75. The summed E-state index contributed by atoms with van der Waals surface area (Å²) in [6, 6.07) is 5.40. The van der Waals surface area contributed by atoms with Crippen LogP contribution in [-0.2, 0) is 11.9 Å². The van der Waals surface area contributed by atoms with E-state index >= 15 is 8.78 Å². The number of fused-ring (bicyclic) bond motifs is 2. The maximum absolute atomic E-state index is 15.1. The number of rotatable bonds is 4. The molecule has 32 heavy (non-hydrogen) atoms. The molecule has 11 heteroatoms. The molecule has 0 saturated carbocycles. The molecule has 1 amide bonds. The van der Waals surface area contributed by atoms with Gasteiger partial charge in [-0.15, -0.1) is 0 Å². The van der Waals surface area contributed by atoms with Crippen LogP contribution in [0, 0.1) is 11.6 Å². The number of aromatic amines is 1. The molecular weight excluding hydrogens is 414 g/mol. The van der Waals surface area contributed by atoms with Crippen LogP contribution in [-0.4, -0.2) is 53.8 Å². The lowest BCUT2D eigenvalue weighted by Gasteiger charge is -2.33. The maximum atomic E-state index is 15.1. The van der Waals surface area contributed by atoms with E-state index in [0.717, 1.165) is 17.0 Å². The van der Waals surface area contributed by atoms with Crippen molar-refractivity contribution >= 4 is 32.5 Å². The molecule has 5 rings (SSSR count). The third-order valence-electron chi connectivity index (χ3n) is 5.53. The van der Waals surface area contributed by atoms with Crippen molar-refractivity contribution in [2.45, 2.75) is 11.9 Å². The number of nitrogens with zero attached hydrogens (tertiary/aromatic N) is 4. The van der Waals surface area contributed by atoms with Gasteiger partial charge in [-0.2, -0.15) is 5.10 Å². The molecule has 4 heterocycles. The van der Waals surface area contributed by atoms with Gasteiger partial charge in [0, 0.05) is 34.2 Å². The molecule has 1 aliphatic rings. The lowest BCUT2D eigenvalue weighted by Crippen LogP contribution is -2.45. The van der Waals surface area contributed by atoms with Crippen LogP contribution in [0.2, 0.25) is 0 Å². The minimum atomic E-state index is -1.80. The van der Waals surface area contributed by atoms with Crippen LogP contribution in [0.5, 0.6) is 5.88 Å². The predicted molar refractivity (Wildman–Crippen MR) is 113 cm³/mol. The highest BCUT2D eigenvalue weighted by atomic mass is 19.1. The Morgan fingerprint density at radius 3 is 2.59 bits per heavy atom.